The van der Waals surface area contributed by atoms with E-state index in [1.165, 1.54) is 0 Å². The Morgan fingerprint density at radius 1 is 0.548 bits per heavy atom. The molecule has 0 saturated heterocycles. The highest BCUT2D eigenvalue weighted by atomic mass is 35.5. The Labute approximate surface area is 165 Å². The maximum atomic E-state index is 13.7. The van der Waals surface area contributed by atoms with Gasteiger partial charge in [-0.05, 0) is 23.7 Å². The van der Waals surface area contributed by atoms with E-state index >= 15 is 0 Å². The van der Waals surface area contributed by atoms with Gasteiger partial charge < -0.3 is 0 Å². The molecule has 0 bridgehead atoms. The van der Waals surface area contributed by atoms with Crippen LogP contribution in [0.4, 0.5) is 70.2 Å². The zero-order chi connectivity index (χ0) is 25.1. The van der Waals surface area contributed by atoms with Gasteiger partial charge >= 0.3 is 46.8 Å². The van der Waals surface area contributed by atoms with Crippen LogP contribution in [0.1, 0.15) is 5.56 Å². The lowest BCUT2D eigenvalue weighted by Crippen LogP contribution is -2.74. The topological polar surface area (TPSA) is 12.9 Å². The molecule has 0 aliphatic carbocycles. The number of halogens is 17. The second kappa shape index (κ2) is 7.16. The van der Waals surface area contributed by atoms with Crippen LogP contribution in [0.15, 0.2) is 24.5 Å². The second-order valence-electron chi connectivity index (χ2n) is 5.76. The van der Waals surface area contributed by atoms with E-state index in [2.05, 4.69) is 16.6 Å². The molecule has 180 valence electrons. The highest BCUT2D eigenvalue weighted by Gasteiger charge is 2.94. The van der Waals surface area contributed by atoms with Crippen molar-refractivity contribution in [2.24, 2.45) is 0 Å². The monoisotopic (exact) mass is 513 g/mol. The lowest BCUT2D eigenvalue weighted by Gasteiger charge is -2.43. The number of aromatic nitrogens is 1. The fourth-order valence-electron chi connectivity index (χ4n) is 1.89. The van der Waals surface area contributed by atoms with Gasteiger partial charge in [0.1, 0.15) is 0 Å². The predicted octanol–water partition coefficient (Wildman–Crippen LogP) is 6.82. The van der Waals surface area contributed by atoms with E-state index in [0.717, 1.165) is 0 Å². The zero-order valence-corrected chi connectivity index (χ0v) is 14.4. The minimum Gasteiger partial charge on any atom is -0.264 e. The van der Waals surface area contributed by atoms with Crippen LogP contribution in [-0.2, 0) is 5.92 Å². The van der Waals surface area contributed by atoms with E-state index in [1.807, 2.05) is 0 Å². The normalized spacial score (nSPS) is 15.9. The summed E-state index contributed by atoms with van der Waals surface area (Å²) >= 11 is 3.42. The molecule has 1 aromatic rings. The van der Waals surface area contributed by atoms with E-state index in [1.54, 1.807) is 0 Å². The van der Waals surface area contributed by atoms with Crippen molar-refractivity contribution in [2.45, 2.75) is 46.8 Å². The largest absolute Gasteiger partial charge is 0.393 e. The minimum absolute atomic E-state index is 0.135. The Kier molecular flexibility index (Phi) is 6.32. The molecule has 0 aliphatic heterocycles. The van der Waals surface area contributed by atoms with E-state index < -0.39 is 52.4 Å². The smallest absolute Gasteiger partial charge is 0.264 e. The molecular weight excluding hydrogens is 510 g/mol. The summed E-state index contributed by atoms with van der Waals surface area (Å²) in [6, 6.07) is 0.228. The minimum atomic E-state index is -8.47. The Balaban J connectivity index is 3.69. The molecule has 0 saturated carbocycles. The van der Waals surface area contributed by atoms with Gasteiger partial charge in [0.25, 0.3) is 0 Å². The van der Waals surface area contributed by atoms with E-state index in [4.69, 9.17) is 0 Å². The number of hydrogen-bond donors (Lipinski definition) is 0. The van der Waals surface area contributed by atoms with Gasteiger partial charge in [-0.1, -0.05) is 0 Å². The fraction of sp³-hybridized carbons (Fsp3) is 0.615. The van der Waals surface area contributed by atoms with Crippen molar-refractivity contribution in [1.29, 1.82) is 0 Å². The summed E-state index contributed by atoms with van der Waals surface area (Å²) in [6.45, 7) is 0. The van der Waals surface area contributed by atoms with Crippen molar-refractivity contribution in [3.63, 3.8) is 0 Å². The van der Waals surface area contributed by atoms with Crippen molar-refractivity contribution in [1.82, 2.24) is 4.98 Å². The third kappa shape index (κ3) is 3.46. The van der Waals surface area contributed by atoms with E-state index in [9.17, 15) is 70.2 Å². The molecule has 0 N–H and O–H groups in total. The van der Waals surface area contributed by atoms with Crippen LogP contribution in [0.5, 0.6) is 0 Å². The molecule has 0 fully saturated rings. The Bertz CT molecular complexity index is 784. The van der Waals surface area contributed by atoms with Crippen LogP contribution >= 0.6 is 11.6 Å². The van der Waals surface area contributed by atoms with Crippen LogP contribution in [0, 0.1) is 0 Å². The number of hydrogen-bond acceptors (Lipinski definition) is 1. The maximum Gasteiger partial charge on any atom is 0.393 e. The van der Waals surface area contributed by atoms with Crippen LogP contribution < -0.4 is 0 Å². The van der Waals surface area contributed by atoms with Gasteiger partial charge in [0.05, 0.1) is 0 Å². The number of alkyl halides is 17. The molecule has 1 heterocycles. The van der Waals surface area contributed by atoms with Crippen molar-refractivity contribution < 1.29 is 70.2 Å². The fourth-order valence-corrected chi connectivity index (χ4v) is 2.01. The molecule has 1 nitrogen and oxygen atoms in total. The van der Waals surface area contributed by atoms with Gasteiger partial charge in [-0.15, -0.1) is 0 Å². The van der Waals surface area contributed by atoms with Crippen LogP contribution in [0.2, 0.25) is 0 Å². The summed E-state index contributed by atoms with van der Waals surface area (Å²) in [5.74, 6) is -55.4. The molecule has 1 aromatic heterocycles. The van der Waals surface area contributed by atoms with Gasteiger partial charge in [0.15, 0.2) is 0 Å². The first kappa shape index (κ1) is 27.4. The molecule has 0 aliphatic rings. The van der Waals surface area contributed by atoms with Gasteiger partial charge in [-0.3, -0.25) is 4.98 Å². The lowest BCUT2D eigenvalue weighted by molar-refractivity contribution is -0.450. The van der Waals surface area contributed by atoms with Gasteiger partial charge in [-0.2, -0.15) is 70.2 Å². The standard InChI is InChI=1S/C13H4ClF16N/c14-13(29,30)12(27,28)11(25,26)10(23,24)9(21,22)8(19,20)7(17,18)6(15,16)5-2-1-3-31-4-5/h1-4H. The second-order valence-corrected chi connectivity index (χ2v) is 6.23. The molecule has 18 heteroatoms. The van der Waals surface area contributed by atoms with E-state index in [0.29, 0.717) is 12.3 Å². The Morgan fingerprint density at radius 3 is 1.23 bits per heavy atom. The first-order valence-electron chi connectivity index (χ1n) is 6.97. The Hall–Kier alpha value is -1.68. The molecule has 0 aromatic carbocycles. The highest BCUT2D eigenvalue weighted by Crippen LogP contribution is 2.65. The average Bonchev–Trinajstić information content (AvgIpc) is 2.60. The van der Waals surface area contributed by atoms with Gasteiger partial charge in [-0.25, -0.2) is 0 Å². The molecule has 0 atom stereocenters. The molecule has 0 radical (unpaired) electrons. The maximum absolute atomic E-state index is 13.7. The molecule has 0 amide bonds. The third-order valence-electron chi connectivity index (χ3n) is 3.75. The first-order chi connectivity index (χ1) is 13.4. The summed E-state index contributed by atoms with van der Waals surface area (Å²) in [7, 11) is 0. The van der Waals surface area contributed by atoms with Crippen molar-refractivity contribution in [3.8, 4) is 0 Å². The Morgan fingerprint density at radius 2 is 0.903 bits per heavy atom. The van der Waals surface area contributed by atoms with Gasteiger partial charge in [0, 0.05) is 18.0 Å². The predicted molar refractivity (Wildman–Crippen MR) is 68.6 cm³/mol. The number of nitrogens with zero attached hydrogens (tertiary/aromatic N) is 1. The zero-order valence-electron chi connectivity index (χ0n) is 13.7. The summed E-state index contributed by atoms with van der Waals surface area (Å²) < 4.78 is 213. The lowest BCUT2D eigenvalue weighted by atomic mass is 9.87. The molecule has 1 rings (SSSR count). The first-order valence-corrected chi connectivity index (χ1v) is 7.35. The van der Waals surface area contributed by atoms with Crippen molar-refractivity contribution in [2.75, 3.05) is 0 Å². The summed E-state index contributed by atoms with van der Waals surface area (Å²) in [5.41, 5.74) is -2.30. The number of pyridine rings is 1. The summed E-state index contributed by atoms with van der Waals surface area (Å²) in [5, 5.41) is -6.80. The quantitative estimate of drug-likeness (QED) is 0.275. The average molecular weight is 514 g/mol. The summed E-state index contributed by atoms with van der Waals surface area (Å²) in [4.78, 5) is 2.74. The van der Waals surface area contributed by atoms with Crippen LogP contribution in [0.3, 0.4) is 0 Å². The third-order valence-corrected chi connectivity index (χ3v) is 3.98. The van der Waals surface area contributed by atoms with Gasteiger partial charge in [0.2, 0.25) is 0 Å². The van der Waals surface area contributed by atoms with Crippen LogP contribution in [-0.4, -0.2) is 45.9 Å². The van der Waals surface area contributed by atoms with Crippen LogP contribution in [0.25, 0.3) is 0 Å². The van der Waals surface area contributed by atoms with Crippen molar-refractivity contribution in [3.05, 3.63) is 30.1 Å². The van der Waals surface area contributed by atoms with E-state index in [-0.39, 0.29) is 12.3 Å². The molecule has 31 heavy (non-hydrogen) atoms. The number of rotatable bonds is 8. The molecule has 0 spiro atoms. The SMILES string of the molecule is FC(F)(Cl)C(F)(F)C(F)(F)C(F)(F)C(F)(F)C(F)(F)C(F)(F)C(F)(F)c1cccnc1. The van der Waals surface area contributed by atoms with Crippen molar-refractivity contribution >= 4 is 11.6 Å². The highest BCUT2D eigenvalue weighted by molar-refractivity contribution is 6.22. The molecular formula is C13H4ClF16N. The summed E-state index contributed by atoms with van der Waals surface area (Å²) in [6.07, 6.45) is 0.255. The molecule has 0 unspecified atom stereocenters.